The number of aromatic nitrogens is 3. The van der Waals surface area contributed by atoms with Crippen molar-refractivity contribution < 1.29 is 9.59 Å². The Hall–Kier alpha value is -2.74. The number of nitrogens with one attached hydrogen (secondary N) is 2. The Morgan fingerprint density at radius 3 is 2.48 bits per heavy atom. The molecule has 1 aromatic carbocycles. The van der Waals surface area contributed by atoms with Gasteiger partial charge in [-0.1, -0.05) is 31.2 Å². The molecule has 156 valence electrons. The molecule has 0 saturated carbocycles. The Morgan fingerprint density at radius 1 is 1.17 bits per heavy atom. The van der Waals surface area contributed by atoms with Crippen molar-refractivity contribution in [3.05, 3.63) is 41.7 Å². The average Bonchev–Trinajstić information content (AvgIpc) is 3.18. The van der Waals surface area contributed by atoms with Crippen molar-refractivity contribution in [2.45, 2.75) is 46.2 Å². The molecule has 2 aromatic rings. The molecule has 8 nitrogen and oxygen atoms in total. The summed E-state index contributed by atoms with van der Waals surface area (Å²) in [7, 11) is 0. The second-order valence-electron chi connectivity index (χ2n) is 8.07. The Labute approximate surface area is 171 Å². The Balaban J connectivity index is 1.48. The molecule has 1 saturated heterocycles. The molecule has 1 fully saturated rings. The van der Waals surface area contributed by atoms with Crippen molar-refractivity contribution in [2.75, 3.05) is 25.0 Å². The Morgan fingerprint density at radius 2 is 1.86 bits per heavy atom. The summed E-state index contributed by atoms with van der Waals surface area (Å²) in [6, 6.07) is 8.25. The van der Waals surface area contributed by atoms with Crippen LogP contribution in [0.3, 0.4) is 0 Å². The third-order valence-corrected chi connectivity index (χ3v) is 5.03. The van der Waals surface area contributed by atoms with Gasteiger partial charge in [0.2, 0.25) is 5.91 Å². The van der Waals surface area contributed by atoms with E-state index >= 15 is 0 Å². The van der Waals surface area contributed by atoms with E-state index in [-0.39, 0.29) is 17.9 Å². The maximum absolute atomic E-state index is 12.1. The van der Waals surface area contributed by atoms with Gasteiger partial charge >= 0.3 is 0 Å². The van der Waals surface area contributed by atoms with Crippen LogP contribution in [-0.4, -0.2) is 51.3 Å². The predicted molar refractivity (Wildman–Crippen MR) is 111 cm³/mol. The molecule has 1 aliphatic heterocycles. The molecule has 0 unspecified atom stereocenters. The first-order valence-electron chi connectivity index (χ1n) is 10.2. The molecule has 1 aromatic heterocycles. The van der Waals surface area contributed by atoms with Crippen molar-refractivity contribution >= 4 is 17.5 Å². The summed E-state index contributed by atoms with van der Waals surface area (Å²) in [6.45, 7) is 9.07. The molecule has 3 rings (SSSR count). The van der Waals surface area contributed by atoms with Gasteiger partial charge in [-0.3, -0.25) is 14.5 Å². The van der Waals surface area contributed by atoms with E-state index < -0.39 is 0 Å². The molecule has 1 aliphatic rings. The molecule has 0 spiro atoms. The topological polar surface area (TPSA) is 92.2 Å². The molecule has 8 heteroatoms. The number of nitrogens with zero attached hydrogens (tertiary/aromatic N) is 4. The lowest BCUT2D eigenvalue weighted by molar-refractivity contribution is -0.114. The van der Waals surface area contributed by atoms with E-state index in [1.807, 2.05) is 16.8 Å². The SMILES string of the molecule is CC(=O)Nc1ccc(CN2CCC(n3cc(C(=O)NCC(C)C)nn3)CC2)cc1. The second-order valence-corrected chi connectivity index (χ2v) is 8.07. The minimum Gasteiger partial charge on any atom is -0.350 e. The molecule has 2 heterocycles. The summed E-state index contributed by atoms with van der Waals surface area (Å²) in [5.74, 6) is 0.179. The van der Waals surface area contributed by atoms with Gasteiger partial charge in [0.15, 0.2) is 5.69 Å². The number of hydrogen-bond acceptors (Lipinski definition) is 5. The first kappa shape index (κ1) is 21.0. The van der Waals surface area contributed by atoms with Gasteiger partial charge in [0.05, 0.1) is 12.2 Å². The molecule has 0 radical (unpaired) electrons. The highest BCUT2D eigenvalue weighted by atomic mass is 16.2. The number of carbonyl (C=O) groups excluding carboxylic acids is 2. The van der Waals surface area contributed by atoms with Crippen LogP contribution in [0, 0.1) is 5.92 Å². The number of carbonyl (C=O) groups is 2. The summed E-state index contributed by atoms with van der Waals surface area (Å²) >= 11 is 0. The largest absolute Gasteiger partial charge is 0.350 e. The fraction of sp³-hybridized carbons (Fsp3) is 0.524. The first-order chi connectivity index (χ1) is 13.9. The summed E-state index contributed by atoms with van der Waals surface area (Å²) in [5.41, 5.74) is 2.43. The van der Waals surface area contributed by atoms with Crippen molar-refractivity contribution in [1.29, 1.82) is 0 Å². The number of amides is 2. The highest BCUT2D eigenvalue weighted by Gasteiger charge is 2.22. The van der Waals surface area contributed by atoms with Gasteiger partial charge in [0, 0.05) is 38.8 Å². The molecule has 2 amide bonds. The van der Waals surface area contributed by atoms with E-state index in [0.29, 0.717) is 18.2 Å². The van der Waals surface area contributed by atoms with Crippen LogP contribution < -0.4 is 10.6 Å². The molecular formula is C21H30N6O2. The van der Waals surface area contributed by atoms with Crippen LogP contribution in [-0.2, 0) is 11.3 Å². The van der Waals surface area contributed by atoms with E-state index in [1.165, 1.54) is 12.5 Å². The number of rotatable bonds is 7. The average molecular weight is 399 g/mol. The summed E-state index contributed by atoms with van der Waals surface area (Å²) < 4.78 is 1.84. The number of hydrogen-bond donors (Lipinski definition) is 2. The van der Waals surface area contributed by atoms with Gasteiger partial charge in [-0.2, -0.15) is 0 Å². The number of anilines is 1. The lowest BCUT2D eigenvalue weighted by Crippen LogP contribution is -2.34. The van der Waals surface area contributed by atoms with E-state index in [0.717, 1.165) is 38.2 Å². The summed E-state index contributed by atoms with van der Waals surface area (Å²) in [6.07, 6.45) is 3.71. The van der Waals surface area contributed by atoms with Crippen LogP contribution in [0.1, 0.15) is 55.7 Å². The quantitative estimate of drug-likeness (QED) is 0.747. The van der Waals surface area contributed by atoms with Gasteiger partial charge in [-0.15, -0.1) is 5.10 Å². The van der Waals surface area contributed by atoms with E-state index in [4.69, 9.17) is 0 Å². The molecule has 0 bridgehead atoms. The summed E-state index contributed by atoms with van der Waals surface area (Å²) in [5, 5.41) is 13.9. The van der Waals surface area contributed by atoms with Gasteiger partial charge in [0.25, 0.3) is 5.91 Å². The second kappa shape index (κ2) is 9.65. The van der Waals surface area contributed by atoms with Gasteiger partial charge in [0.1, 0.15) is 0 Å². The van der Waals surface area contributed by atoms with Crippen LogP contribution in [0.5, 0.6) is 0 Å². The summed E-state index contributed by atoms with van der Waals surface area (Å²) in [4.78, 5) is 25.6. The Bertz CT molecular complexity index is 822. The maximum atomic E-state index is 12.1. The first-order valence-corrected chi connectivity index (χ1v) is 10.2. The van der Waals surface area contributed by atoms with E-state index in [1.54, 1.807) is 6.20 Å². The normalized spacial score (nSPS) is 15.4. The molecule has 2 N–H and O–H groups in total. The van der Waals surface area contributed by atoms with Gasteiger partial charge in [-0.05, 0) is 36.5 Å². The van der Waals surface area contributed by atoms with Crippen LogP contribution in [0.25, 0.3) is 0 Å². The number of likely N-dealkylation sites (tertiary alicyclic amines) is 1. The third-order valence-electron chi connectivity index (χ3n) is 5.03. The van der Waals surface area contributed by atoms with Crippen LogP contribution >= 0.6 is 0 Å². The monoisotopic (exact) mass is 398 g/mol. The zero-order valence-electron chi connectivity index (χ0n) is 17.4. The standard InChI is InChI=1S/C21H30N6O2/c1-15(2)12-22-21(29)20-14-27(25-24-20)19-8-10-26(11-9-19)13-17-4-6-18(7-5-17)23-16(3)28/h4-7,14-15,19H,8-13H2,1-3H3,(H,22,29)(H,23,28). The zero-order chi connectivity index (χ0) is 20.8. The van der Waals surface area contributed by atoms with Crippen LogP contribution in [0.4, 0.5) is 5.69 Å². The fourth-order valence-electron chi connectivity index (χ4n) is 3.44. The van der Waals surface area contributed by atoms with Crippen molar-refractivity contribution in [3.63, 3.8) is 0 Å². The highest BCUT2D eigenvalue weighted by Crippen LogP contribution is 2.23. The lowest BCUT2D eigenvalue weighted by atomic mass is 10.0. The fourth-order valence-corrected chi connectivity index (χ4v) is 3.44. The van der Waals surface area contributed by atoms with Gasteiger partial charge in [-0.25, -0.2) is 4.68 Å². The van der Waals surface area contributed by atoms with Crippen LogP contribution in [0.2, 0.25) is 0 Å². The third kappa shape index (κ3) is 6.12. The van der Waals surface area contributed by atoms with Crippen molar-refractivity contribution in [1.82, 2.24) is 25.2 Å². The van der Waals surface area contributed by atoms with Crippen molar-refractivity contribution in [2.24, 2.45) is 5.92 Å². The predicted octanol–water partition coefficient (Wildman–Crippen LogP) is 2.46. The van der Waals surface area contributed by atoms with E-state index in [2.05, 4.69) is 51.8 Å². The maximum Gasteiger partial charge on any atom is 0.273 e. The molecular weight excluding hydrogens is 368 g/mol. The molecule has 0 aliphatic carbocycles. The van der Waals surface area contributed by atoms with E-state index in [9.17, 15) is 9.59 Å². The van der Waals surface area contributed by atoms with Crippen molar-refractivity contribution in [3.8, 4) is 0 Å². The number of piperidine rings is 1. The number of benzene rings is 1. The minimum atomic E-state index is -0.162. The molecule has 29 heavy (non-hydrogen) atoms. The van der Waals surface area contributed by atoms with Crippen LogP contribution in [0.15, 0.2) is 30.5 Å². The smallest absolute Gasteiger partial charge is 0.273 e. The highest BCUT2D eigenvalue weighted by molar-refractivity contribution is 5.91. The zero-order valence-corrected chi connectivity index (χ0v) is 17.4. The van der Waals surface area contributed by atoms with Gasteiger partial charge < -0.3 is 10.6 Å². The minimum absolute atomic E-state index is 0.0616. The lowest BCUT2D eigenvalue weighted by Gasteiger charge is -2.31. The molecule has 0 atom stereocenters. The Kier molecular flexibility index (Phi) is 6.98.